The third-order valence-corrected chi connectivity index (χ3v) is 3.26. The molecule has 0 heterocycles. The Morgan fingerprint density at radius 1 is 1.35 bits per heavy atom. The predicted octanol–water partition coefficient (Wildman–Crippen LogP) is 3.13. The topological polar surface area (TPSA) is 63.5 Å². The molecule has 0 spiro atoms. The van der Waals surface area contributed by atoms with Crippen molar-refractivity contribution in [2.45, 2.75) is 32.7 Å². The average molecular weight is 286 g/mol. The van der Waals surface area contributed by atoms with E-state index in [9.17, 15) is 23.7 Å². The Hall–Kier alpha value is -2.05. The first-order valence-corrected chi connectivity index (χ1v) is 6.24. The highest BCUT2D eigenvalue weighted by atomic mass is 19.1. The Bertz CT molecular complexity index is 531. The van der Waals surface area contributed by atoms with Gasteiger partial charge >= 0.3 is 5.69 Å². The molecule has 1 amide bonds. The van der Waals surface area contributed by atoms with Crippen molar-refractivity contribution in [3.63, 3.8) is 0 Å². The third kappa shape index (κ3) is 3.09. The zero-order valence-corrected chi connectivity index (χ0v) is 11.5. The van der Waals surface area contributed by atoms with Crippen molar-refractivity contribution < 1.29 is 18.5 Å². The van der Waals surface area contributed by atoms with Gasteiger partial charge < -0.3 is 4.90 Å². The zero-order valence-electron chi connectivity index (χ0n) is 11.5. The minimum atomic E-state index is -1.31. The number of hydrogen-bond acceptors (Lipinski definition) is 3. The predicted molar refractivity (Wildman–Crippen MR) is 69.5 cm³/mol. The molecule has 0 unspecified atom stereocenters. The summed E-state index contributed by atoms with van der Waals surface area (Å²) in [7, 11) is 1.47. The van der Waals surface area contributed by atoms with E-state index in [1.54, 1.807) is 0 Å². The maximum atomic E-state index is 13.9. The highest BCUT2D eigenvalue weighted by Crippen LogP contribution is 2.24. The monoisotopic (exact) mass is 286 g/mol. The van der Waals surface area contributed by atoms with Gasteiger partial charge in [0, 0.05) is 13.1 Å². The van der Waals surface area contributed by atoms with Crippen molar-refractivity contribution >= 4 is 11.6 Å². The summed E-state index contributed by atoms with van der Waals surface area (Å²) < 4.78 is 27.2. The number of benzene rings is 1. The highest BCUT2D eigenvalue weighted by molar-refractivity contribution is 5.95. The number of carbonyl (C=O) groups excluding carboxylic acids is 1. The lowest BCUT2D eigenvalue weighted by Crippen LogP contribution is -2.36. The van der Waals surface area contributed by atoms with Gasteiger partial charge in [0.2, 0.25) is 5.82 Å². The van der Waals surface area contributed by atoms with Gasteiger partial charge in [-0.3, -0.25) is 14.9 Å². The fourth-order valence-electron chi connectivity index (χ4n) is 2.06. The van der Waals surface area contributed by atoms with Gasteiger partial charge in [0.05, 0.1) is 16.6 Å². The van der Waals surface area contributed by atoms with Gasteiger partial charge in [-0.05, 0) is 18.9 Å². The first kappa shape index (κ1) is 16.0. The summed E-state index contributed by atoms with van der Waals surface area (Å²) in [5, 5.41) is 10.6. The Labute approximate surface area is 115 Å². The number of nitro groups is 1. The molecule has 0 aromatic heterocycles. The van der Waals surface area contributed by atoms with Crippen LogP contribution in [0.1, 0.15) is 37.0 Å². The third-order valence-electron chi connectivity index (χ3n) is 3.26. The number of halogens is 2. The molecule has 1 aromatic rings. The summed E-state index contributed by atoms with van der Waals surface area (Å²) >= 11 is 0. The number of nitro benzene ring substituents is 1. The molecule has 0 aliphatic rings. The van der Waals surface area contributed by atoms with Crippen molar-refractivity contribution in [1.82, 2.24) is 4.90 Å². The molecule has 0 fully saturated rings. The van der Waals surface area contributed by atoms with Crippen molar-refractivity contribution in [3.05, 3.63) is 39.4 Å². The molecule has 0 N–H and O–H groups in total. The van der Waals surface area contributed by atoms with Crippen molar-refractivity contribution in [1.29, 1.82) is 0 Å². The summed E-state index contributed by atoms with van der Waals surface area (Å²) in [6.45, 7) is 3.73. The van der Waals surface area contributed by atoms with Crippen molar-refractivity contribution in [2.24, 2.45) is 0 Å². The smallest absolute Gasteiger partial charge is 0.308 e. The molecular formula is C13H16F2N2O3. The Balaban J connectivity index is 3.26. The first-order chi connectivity index (χ1) is 9.33. The largest absolute Gasteiger partial charge is 0.339 e. The van der Waals surface area contributed by atoms with Crippen LogP contribution in [0.3, 0.4) is 0 Å². The van der Waals surface area contributed by atoms with Gasteiger partial charge in [0.1, 0.15) is 5.82 Å². The molecule has 0 saturated carbocycles. The van der Waals surface area contributed by atoms with E-state index >= 15 is 0 Å². The molecule has 0 bridgehead atoms. The molecule has 0 radical (unpaired) electrons. The summed E-state index contributed by atoms with van der Waals surface area (Å²) in [4.78, 5) is 23.0. The molecule has 7 heteroatoms. The lowest BCUT2D eigenvalue weighted by molar-refractivity contribution is -0.387. The quantitative estimate of drug-likeness (QED) is 0.617. The average Bonchev–Trinajstić information content (AvgIpc) is 2.41. The van der Waals surface area contributed by atoms with Crippen LogP contribution < -0.4 is 0 Å². The SMILES string of the molecule is CCC(CC)N(C)C(=O)c1cc(F)cc([N+](=O)[O-])c1F. The molecule has 0 aliphatic heterocycles. The summed E-state index contributed by atoms with van der Waals surface area (Å²) in [6, 6.07) is 1.01. The van der Waals surface area contributed by atoms with Crippen LogP contribution in [-0.2, 0) is 0 Å². The summed E-state index contributed by atoms with van der Waals surface area (Å²) in [5.74, 6) is -3.09. The highest BCUT2D eigenvalue weighted by Gasteiger charge is 2.27. The summed E-state index contributed by atoms with van der Waals surface area (Å²) in [6.07, 6.45) is 1.30. The number of rotatable bonds is 5. The van der Waals surface area contributed by atoms with Gasteiger partial charge in [0.25, 0.3) is 5.91 Å². The van der Waals surface area contributed by atoms with Crippen LogP contribution in [-0.4, -0.2) is 28.8 Å². The van der Waals surface area contributed by atoms with Gasteiger partial charge in [0.15, 0.2) is 0 Å². The summed E-state index contributed by atoms with van der Waals surface area (Å²) in [5.41, 5.74) is -1.66. The van der Waals surface area contributed by atoms with E-state index in [2.05, 4.69) is 0 Å². The second-order valence-electron chi connectivity index (χ2n) is 4.43. The number of carbonyl (C=O) groups is 1. The molecule has 1 rings (SSSR count). The standard InChI is InChI=1S/C13H16F2N2O3/c1-4-9(5-2)16(3)13(18)10-6-8(14)7-11(12(10)15)17(19)20/h6-7,9H,4-5H2,1-3H3. The second kappa shape index (κ2) is 6.40. The minimum absolute atomic E-state index is 0.135. The normalized spacial score (nSPS) is 10.7. The first-order valence-electron chi connectivity index (χ1n) is 6.24. The molecule has 20 heavy (non-hydrogen) atoms. The molecule has 5 nitrogen and oxygen atoms in total. The van der Waals surface area contributed by atoms with Crippen LogP contribution in [0.4, 0.5) is 14.5 Å². The lowest BCUT2D eigenvalue weighted by atomic mass is 10.1. The fourth-order valence-corrected chi connectivity index (χ4v) is 2.06. The van der Waals surface area contributed by atoms with Crippen LogP contribution in [0, 0.1) is 21.7 Å². The molecular weight excluding hydrogens is 270 g/mol. The number of hydrogen-bond donors (Lipinski definition) is 0. The van der Waals surface area contributed by atoms with Gasteiger partial charge in [-0.1, -0.05) is 13.8 Å². The fraction of sp³-hybridized carbons (Fsp3) is 0.462. The van der Waals surface area contributed by atoms with E-state index in [-0.39, 0.29) is 6.04 Å². The van der Waals surface area contributed by atoms with Crippen LogP contribution >= 0.6 is 0 Å². The van der Waals surface area contributed by atoms with E-state index in [0.717, 1.165) is 0 Å². The van der Waals surface area contributed by atoms with Crippen LogP contribution in [0.15, 0.2) is 12.1 Å². The molecule has 0 atom stereocenters. The van der Waals surface area contributed by atoms with Crippen LogP contribution in [0.2, 0.25) is 0 Å². The van der Waals surface area contributed by atoms with Gasteiger partial charge in [-0.25, -0.2) is 4.39 Å². The maximum absolute atomic E-state index is 13.9. The van der Waals surface area contributed by atoms with E-state index < -0.39 is 33.7 Å². The zero-order chi connectivity index (χ0) is 15.4. The van der Waals surface area contributed by atoms with E-state index in [4.69, 9.17) is 0 Å². The maximum Gasteiger partial charge on any atom is 0.308 e. The lowest BCUT2D eigenvalue weighted by Gasteiger charge is -2.26. The number of nitrogens with zero attached hydrogens (tertiary/aromatic N) is 2. The van der Waals surface area contributed by atoms with Gasteiger partial charge in [-0.15, -0.1) is 0 Å². The van der Waals surface area contributed by atoms with Crippen molar-refractivity contribution in [3.8, 4) is 0 Å². The van der Waals surface area contributed by atoms with Crippen molar-refractivity contribution in [2.75, 3.05) is 7.05 Å². The molecule has 0 aliphatic carbocycles. The van der Waals surface area contributed by atoms with Gasteiger partial charge in [-0.2, -0.15) is 4.39 Å². The van der Waals surface area contributed by atoms with E-state index in [1.165, 1.54) is 11.9 Å². The Morgan fingerprint density at radius 3 is 2.35 bits per heavy atom. The Morgan fingerprint density at radius 2 is 1.90 bits per heavy atom. The van der Waals surface area contributed by atoms with E-state index in [0.29, 0.717) is 25.0 Å². The minimum Gasteiger partial charge on any atom is -0.339 e. The van der Waals surface area contributed by atoms with Crippen LogP contribution in [0.25, 0.3) is 0 Å². The molecule has 1 aromatic carbocycles. The molecule has 110 valence electrons. The van der Waals surface area contributed by atoms with Crippen LogP contribution in [0.5, 0.6) is 0 Å². The molecule has 0 saturated heterocycles. The van der Waals surface area contributed by atoms with E-state index in [1.807, 2.05) is 13.8 Å². The number of amides is 1. The Kier molecular flexibility index (Phi) is 5.12. The second-order valence-corrected chi connectivity index (χ2v) is 4.43.